The minimum atomic E-state index is -1.98. The second-order valence-electron chi connectivity index (χ2n) is 15.9. The number of aromatic nitrogens is 2. The number of carboxylic acid groups (broad SMARTS) is 1. The number of rotatable bonds is 20. The van der Waals surface area contributed by atoms with Gasteiger partial charge in [-0.05, 0) is 36.3 Å². The molecule has 9 atom stereocenters. The number of aliphatic hydroxyl groups excluding tert-OH is 3. The molecule has 62 heavy (non-hydrogen) atoms. The monoisotopic (exact) mass is 896 g/mol. The van der Waals surface area contributed by atoms with Crippen LogP contribution in [0.2, 0.25) is 0 Å². The van der Waals surface area contributed by atoms with E-state index in [-0.39, 0.29) is 44.2 Å². The van der Waals surface area contributed by atoms with E-state index in [1.807, 2.05) is 79.9 Å². The Kier molecular flexibility index (Phi) is 17.7. The van der Waals surface area contributed by atoms with E-state index in [4.69, 9.17) is 14.2 Å². The number of benzene rings is 2. The van der Waals surface area contributed by atoms with Crippen LogP contribution in [-0.2, 0) is 49.8 Å². The highest BCUT2D eigenvalue weighted by Crippen LogP contribution is 2.27. The van der Waals surface area contributed by atoms with E-state index in [2.05, 4.69) is 25.9 Å². The van der Waals surface area contributed by atoms with E-state index in [0.717, 1.165) is 21.8 Å². The van der Waals surface area contributed by atoms with Crippen LogP contribution in [0.15, 0.2) is 77.8 Å². The fourth-order valence-corrected chi connectivity index (χ4v) is 8.19. The van der Waals surface area contributed by atoms with E-state index in [1.165, 1.54) is 27.6 Å². The molecule has 0 spiro atoms. The number of nitrogens with zero attached hydrogens (tertiary/aromatic N) is 3. The Labute approximate surface area is 368 Å². The summed E-state index contributed by atoms with van der Waals surface area (Å²) in [6.45, 7) is 7.83. The predicted octanol–water partition coefficient (Wildman–Crippen LogP) is 3.82. The Bertz CT molecular complexity index is 2020. The van der Waals surface area contributed by atoms with E-state index in [9.17, 15) is 39.6 Å². The molecule has 0 saturated carbocycles. The number of hydrogen-bond donors (Lipinski definition) is 7. The molecule has 17 nitrogen and oxygen atoms in total. The second kappa shape index (κ2) is 22.9. The summed E-state index contributed by atoms with van der Waals surface area (Å²) in [5, 5.41) is 53.8. The van der Waals surface area contributed by atoms with Crippen LogP contribution in [0, 0.1) is 5.92 Å². The summed E-state index contributed by atoms with van der Waals surface area (Å²) in [5.41, 5.74) is 3.90. The van der Waals surface area contributed by atoms with Gasteiger partial charge in [-0.3, -0.25) is 9.78 Å². The normalized spacial score (nSPS) is 20.8. The van der Waals surface area contributed by atoms with E-state index in [1.54, 1.807) is 32.6 Å². The number of aliphatic hydroxyl groups is 3. The molecule has 1 aliphatic rings. The average molecular weight is 897 g/mol. The van der Waals surface area contributed by atoms with Crippen LogP contribution in [0.4, 0.5) is 9.59 Å². The quantitative estimate of drug-likeness (QED) is 0.0669. The molecule has 0 unspecified atom stereocenters. The number of carboxylic acids is 1. The molecule has 19 heteroatoms. The number of carbonyl (C=O) groups excluding carboxylic acids is 3. The maximum atomic E-state index is 14.4. The van der Waals surface area contributed by atoms with E-state index >= 15 is 0 Å². The number of alkyl carbamates (subject to hydrolysis) is 1. The molecule has 1 aliphatic heterocycles. The van der Waals surface area contributed by atoms with Crippen molar-refractivity contribution in [2.45, 2.75) is 121 Å². The van der Waals surface area contributed by atoms with Gasteiger partial charge in [0.1, 0.15) is 31.0 Å². The largest absolute Gasteiger partial charge is 0.479 e. The maximum absolute atomic E-state index is 14.4. The first-order valence-corrected chi connectivity index (χ1v) is 22.1. The number of amides is 4. The van der Waals surface area contributed by atoms with Gasteiger partial charge in [0, 0.05) is 30.6 Å². The van der Waals surface area contributed by atoms with E-state index in [0.29, 0.717) is 4.88 Å². The first kappa shape index (κ1) is 48.0. The summed E-state index contributed by atoms with van der Waals surface area (Å²) < 4.78 is 17.5. The van der Waals surface area contributed by atoms with Crippen molar-refractivity contribution in [3.63, 3.8) is 0 Å². The SMILES string of the molecule is CC(C)c1nc(CN(C)C(=O)N[C@H](C(=O)N[C@@H](Cc2ccccc2)C[C@H](O[C@@H]2O[C@H](C(=O)O)[C@@H](O)[C@H](O)[C@H]2O)[C@H](Cc2ccccc2)NC(=O)OCc2cncs2)C(C)C)cs1. The van der Waals surface area contributed by atoms with Crippen LogP contribution in [0.5, 0.6) is 0 Å². The molecule has 0 bridgehead atoms. The van der Waals surface area contributed by atoms with E-state index < -0.39 is 78.9 Å². The van der Waals surface area contributed by atoms with Gasteiger partial charge in [-0.15, -0.1) is 22.7 Å². The van der Waals surface area contributed by atoms with Crippen molar-refractivity contribution in [2.24, 2.45) is 5.92 Å². The fraction of sp³-hybridized carbons (Fsp3) is 0.488. The lowest BCUT2D eigenvalue weighted by Gasteiger charge is -2.41. The van der Waals surface area contributed by atoms with Crippen molar-refractivity contribution in [1.82, 2.24) is 30.8 Å². The first-order chi connectivity index (χ1) is 29.6. The average Bonchev–Trinajstić information content (AvgIpc) is 3.95. The topological polar surface area (TPSA) is 242 Å². The Balaban J connectivity index is 1.46. The third-order valence-corrected chi connectivity index (χ3v) is 12.2. The number of hydrogen-bond acceptors (Lipinski definition) is 14. The molecule has 0 aliphatic carbocycles. The number of aliphatic carboxylic acids is 1. The summed E-state index contributed by atoms with van der Waals surface area (Å²) >= 11 is 2.82. The molecule has 4 amide bonds. The van der Waals surface area contributed by atoms with Gasteiger partial charge in [0.05, 0.1) is 39.8 Å². The number of ether oxygens (including phenoxy) is 3. The van der Waals surface area contributed by atoms with Gasteiger partial charge in [0.2, 0.25) is 5.91 Å². The lowest BCUT2D eigenvalue weighted by atomic mass is 9.92. The lowest BCUT2D eigenvalue weighted by molar-refractivity contribution is -0.306. The zero-order valence-corrected chi connectivity index (χ0v) is 36.8. The Hall–Kier alpha value is -5.02. The summed E-state index contributed by atoms with van der Waals surface area (Å²) in [5.74, 6) is -2.24. The van der Waals surface area contributed by atoms with Crippen molar-refractivity contribution >= 4 is 46.7 Å². The van der Waals surface area contributed by atoms with Gasteiger partial charge in [-0.1, -0.05) is 88.4 Å². The number of carbonyl (C=O) groups is 4. The molecule has 3 heterocycles. The highest BCUT2D eigenvalue weighted by molar-refractivity contribution is 7.09. The smallest absolute Gasteiger partial charge is 0.407 e. The summed E-state index contributed by atoms with van der Waals surface area (Å²) in [4.78, 5) is 64.3. The Morgan fingerprint density at radius 2 is 1.53 bits per heavy atom. The molecule has 2 aromatic carbocycles. The van der Waals surface area contributed by atoms with Crippen molar-refractivity contribution in [1.29, 1.82) is 0 Å². The van der Waals surface area contributed by atoms with Crippen LogP contribution in [0.25, 0.3) is 0 Å². The molecule has 2 aromatic heterocycles. The number of nitrogens with one attached hydrogen (secondary N) is 3. The van der Waals surface area contributed by atoms with Crippen LogP contribution in [0.1, 0.15) is 66.7 Å². The maximum Gasteiger partial charge on any atom is 0.407 e. The third-order valence-electron chi connectivity index (χ3n) is 10.2. The first-order valence-electron chi connectivity index (χ1n) is 20.3. The third kappa shape index (κ3) is 13.7. The van der Waals surface area contributed by atoms with Crippen LogP contribution in [-0.4, -0.2) is 121 Å². The molecule has 336 valence electrons. The van der Waals surface area contributed by atoms with Gasteiger partial charge in [-0.25, -0.2) is 19.4 Å². The number of urea groups is 1. The Morgan fingerprint density at radius 1 is 0.871 bits per heavy atom. The zero-order valence-electron chi connectivity index (χ0n) is 35.2. The predicted molar refractivity (Wildman–Crippen MR) is 230 cm³/mol. The number of thiazole rings is 2. The zero-order chi connectivity index (χ0) is 44.9. The van der Waals surface area contributed by atoms with Gasteiger partial charge in [0.15, 0.2) is 12.4 Å². The van der Waals surface area contributed by atoms with Crippen molar-refractivity contribution in [3.05, 3.63) is 104 Å². The molecule has 4 aromatic rings. The molecule has 1 saturated heterocycles. The van der Waals surface area contributed by atoms with Crippen molar-refractivity contribution in [2.75, 3.05) is 7.05 Å². The fourth-order valence-electron chi connectivity index (χ4n) is 6.85. The van der Waals surface area contributed by atoms with Gasteiger partial charge >= 0.3 is 18.1 Å². The summed E-state index contributed by atoms with van der Waals surface area (Å²) in [7, 11) is 1.62. The highest BCUT2D eigenvalue weighted by Gasteiger charge is 2.49. The second-order valence-corrected chi connectivity index (χ2v) is 17.7. The molecule has 1 fully saturated rings. The van der Waals surface area contributed by atoms with Crippen LogP contribution in [0.3, 0.4) is 0 Å². The van der Waals surface area contributed by atoms with Gasteiger partial charge < -0.3 is 55.5 Å². The van der Waals surface area contributed by atoms with Crippen LogP contribution >= 0.6 is 22.7 Å². The molecule has 0 radical (unpaired) electrons. The molecular weight excluding hydrogens is 841 g/mol. The minimum absolute atomic E-state index is 0.0815. The standard InChI is InChI=1S/C43H56N6O11S2/c1-24(2)33(48-42(56)49(5)20-29-22-61-39(46-29)25(3)4)38(53)45-28(16-26-12-8-6-9-13-26)18-32(59-41-36(52)34(50)35(51)37(60-41)40(54)55)31(17-27-14-10-7-11-15-27)47-43(57)58-21-30-19-44-23-62-30/h6-15,19,22-25,28,31-37,41,50-52H,16-18,20-21H2,1-5H3,(H,45,53)(H,47,57)(H,48,56)(H,54,55)/t28-,31-,32-,33-,34-,35-,36+,37-,41+/m0/s1. The summed E-state index contributed by atoms with van der Waals surface area (Å²) in [6, 6.07) is 15.1. The van der Waals surface area contributed by atoms with Crippen LogP contribution < -0.4 is 16.0 Å². The Morgan fingerprint density at radius 3 is 2.11 bits per heavy atom. The summed E-state index contributed by atoms with van der Waals surface area (Å²) in [6.07, 6.45) is -9.83. The minimum Gasteiger partial charge on any atom is -0.479 e. The van der Waals surface area contributed by atoms with Crippen molar-refractivity contribution < 1.29 is 53.8 Å². The molecular formula is C43H56N6O11S2. The van der Waals surface area contributed by atoms with Gasteiger partial charge in [0.25, 0.3) is 0 Å². The molecule has 7 N–H and O–H groups in total. The highest BCUT2D eigenvalue weighted by atomic mass is 32.1. The lowest BCUT2D eigenvalue weighted by Crippen LogP contribution is -2.62. The molecule has 5 rings (SSSR count). The van der Waals surface area contributed by atoms with Gasteiger partial charge in [-0.2, -0.15) is 0 Å². The van der Waals surface area contributed by atoms with Crippen molar-refractivity contribution in [3.8, 4) is 0 Å².